The molecule has 0 bridgehead atoms. The Morgan fingerprint density at radius 1 is 1.29 bits per heavy atom. The van der Waals surface area contributed by atoms with Gasteiger partial charge in [0.05, 0.1) is 0 Å². The molecule has 3 nitrogen and oxygen atoms in total. The van der Waals surface area contributed by atoms with E-state index in [9.17, 15) is 4.79 Å². The molecule has 0 aromatic rings. The van der Waals surface area contributed by atoms with E-state index >= 15 is 0 Å². The van der Waals surface area contributed by atoms with E-state index in [1.54, 1.807) is 6.08 Å². The van der Waals surface area contributed by atoms with Gasteiger partial charge in [0.25, 0.3) is 0 Å². The van der Waals surface area contributed by atoms with Crippen LogP contribution in [-0.4, -0.2) is 27.2 Å². The van der Waals surface area contributed by atoms with Crippen molar-refractivity contribution in [2.24, 2.45) is 0 Å². The Labute approximate surface area is 86.7 Å². The maximum absolute atomic E-state index is 11.6. The summed E-state index contributed by atoms with van der Waals surface area (Å²) >= 11 is 0. The zero-order valence-corrected chi connectivity index (χ0v) is 9.91. The molecular formula is C10H18O3Si. The van der Waals surface area contributed by atoms with Crippen molar-refractivity contribution >= 4 is 14.0 Å². The summed E-state index contributed by atoms with van der Waals surface area (Å²) < 4.78 is 11.0. The van der Waals surface area contributed by atoms with E-state index in [0.717, 1.165) is 0 Å². The lowest BCUT2D eigenvalue weighted by molar-refractivity contribution is -0.111. The molecule has 0 saturated carbocycles. The SMILES string of the molecule is C=CC[Si](OCC)(OCC)C(=O)C=C. The van der Waals surface area contributed by atoms with Crippen LogP contribution >= 0.6 is 0 Å². The molecule has 0 aromatic heterocycles. The molecule has 0 fully saturated rings. The minimum absolute atomic E-state index is 0.124. The summed E-state index contributed by atoms with van der Waals surface area (Å²) in [6, 6.07) is 0.472. The van der Waals surface area contributed by atoms with E-state index in [1.165, 1.54) is 6.08 Å². The quantitative estimate of drug-likeness (QED) is 0.352. The smallest absolute Gasteiger partial charge is 0.389 e. The predicted octanol–water partition coefficient (Wildman–Crippen LogP) is 1.98. The fourth-order valence-corrected chi connectivity index (χ4v) is 3.64. The topological polar surface area (TPSA) is 35.5 Å². The number of rotatable bonds is 8. The zero-order chi connectivity index (χ0) is 11.0. The first-order valence-electron chi connectivity index (χ1n) is 4.72. The van der Waals surface area contributed by atoms with Crippen LogP contribution in [0.25, 0.3) is 0 Å². The van der Waals surface area contributed by atoms with Gasteiger partial charge < -0.3 is 8.85 Å². The monoisotopic (exact) mass is 214 g/mol. The number of carbonyl (C=O) groups excluding carboxylic acids is 1. The molecule has 0 amide bonds. The highest BCUT2D eigenvalue weighted by Crippen LogP contribution is 2.16. The Balaban J connectivity index is 4.79. The minimum atomic E-state index is -2.77. The molecule has 0 N–H and O–H groups in total. The van der Waals surface area contributed by atoms with E-state index in [1.807, 2.05) is 13.8 Å². The van der Waals surface area contributed by atoms with Crippen molar-refractivity contribution in [3.63, 3.8) is 0 Å². The predicted molar refractivity (Wildman–Crippen MR) is 59.2 cm³/mol. The Kier molecular flexibility index (Phi) is 6.36. The van der Waals surface area contributed by atoms with Crippen molar-refractivity contribution < 1.29 is 13.6 Å². The minimum Gasteiger partial charge on any atom is -0.389 e. The van der Waals surface area contributed by atoms with Crippen LogP contribution in [0.4, 0.5) is 0 Å². The van der Waals surface area contributed by atoms with Crippen LogP contribution in [0, 0.1) is 0 Å². The highest BCUT2D eigenvalue weighted by atomic mass is 28.4. The Hall–Kier alpha value is -0.713. The molecule has 0 aliphatic rings. The van der Waals surface area contributed by atoms with Gasteiger partial charge in [-0.15, -0.1) is 6.58 Å². The molecule has 0 spiro atoms. The first-order chi connectivity index (χ1) is 6.66. The van der Waals surface area contributed by atoms with Gasteiger partial charge in [0.2, 0.25) is 0 Å². The van der Waals surface area contributed by atoms with Gasteiger partial charge in [0.1, 0.15) is 0 Å². The first kappa shape index (κ1) is 13.3. The third kappa shape index (κ3) is 3.21. The van der Waals surface area contributed by atoms with E-state index in [2.05, 4.69) is 13.2 Å². The van der Waals surface area contributed by atoms with E-state index in [0.29, 0.717) is 19.3 Å². The van der Waals surface area contributed by atoms with E-state index in [4.69, 9.17) is 8.85 Å². The molecule has 80 valence electrons. The summed E-state index contributed by atoms with van der Waals surface area (Å²) in [6.07, 6.45) is 2.94. The summed E-state index contributed by atoms with van der Waals surface area (Å²) in [6.45, 7) is 11.7. The van der Waals surface area contributed by atoms with Crippen LogP contribution in [0.3, 0.4) is 0 Å². The van der Waals surface area contributed by atoms with E-state index < -0.39 is 8.56 Å². The Morgan fingerprint density at radius 3 is 2.07 bits per heavy atom. The van der Waals surface area contributed by atoms with Crippen molar-refractivity contribution in [2.75, 3.05) is 13.2 Å². The molecule has 0 rings (SSSR count). The summed E-state index contributed by atoms with van der Waals surface area (Å²) in [5.74, 6) is 0. The van der Waals surface area contributed by atoms with Gasteiger partial charge in [-0.05, 0) is 19.9 Å². The molecule has 4 heteroatoms. The fraction of sp³-hybridized carbons (Fsp3) is 0.500. The second-order valence-electron chi connectivity index (χ2n) is 2.68. The standard InChI is InChI=1S/C10H18O3Si/c1-5-9-14(12-7-3,13-8-4)10(11)6-2/h5-6H,1-2,7-9H2,3-4H3. The van der Waals surface area contributed by atoms with Crippen molar-refractivity contribution in [1.82, 2.24) is 0 Å². The third-order valence-corrected chi connectivity index (χ3v) is 5.02. The number of hydrogen-bond acceptors (Lipinski definition) is 3. The first-order valence-corrected chi connectivity index (χ1v) is 6.74. The second-order valence-corrected chi connectivity index (χ2v) is 5.66. The van der Waals surface area contributed by atoms with Crippen molar-refractivity contribution in [3.8, 4) is 0 Å². The molecule has 0 radical (unpaired) electrons. The highest BCUT2D eigenvalue weighted by Gasteiger charge is 2.43. The molecule has 0 aliphatic carbocycles. The van der Waals surface area contributed by atoms with Crippen molar-refractivity contribution in [1.29, 1.82) is 0 Å². The third-order valence-electron chi connectivity index (χ3n) is 1.73. The van der Waals surface area contributed by atoms with Gasteiger partial charge in [-0.25, -0.2) is 0 Å². The average molecular weight is 214 g/mol. The normalized spacial score (nSPS) is 11.0. The second kappa shape index (κ2) is 6.70. The molecule has 0 aliphatic heterocycles. The summed E-state index contributed by atoms with van der Waals surface area (Å²) in [5.41, 5.74) is 0. The highest BCUT2D eigenvalue weighted by molar-refractivity contribution is 6.98. The molecule has 0 atom stereocenters. The van der Waals surface area contributed by atoms with Crippen molar-refractivity contribution in [2.45, 2.75) is 19.9 Å². The summed E-state index contributed by atoms with van der Waals surface area (Å²) in [7, 11) is -2.77. The van der Waals surface area contributed by atoms with Crippen LogP contribution < -0.4 is 0 Å². The lowest BCUT2D eigenvalue weighted by Gasteiger charge is -2.25. The number of allylic oxidation sites excluding steroid dienone is 2. The van der Waals surface area contributed by atoms with Gasteiger partial charge in [-0.3, -0.25) is 4.79 Å². The maximum Gasteiger partial charge on any atom is 0.418 e. The Morgan fingerprint density at radius 2 is 1.79 bits per heavy atom. The van der Waals surface area contributed by atoms with Crippen LogP contribution in [0.1, 0.15) is 13.8 Å². The molecule has 0 heterocycles. The largest absolute Gasteiger partial charge is 0.418 e. The lowest BCUT2D eigenvalue weighted by atomic mass is 10.7. The molecular weight excluding hydrogens is 196 g/mol. The van der Waals surface area contributed by atoms with Gasteiger partial charge in [0, 0.05) is 19.3 Å². The van der Waals surface area contributed by atoms with Crippen LogP contribution in [0.2, 0.25) is 6.04 Å². The van der Waals surface area contributed by atoms with Gasteiger partial charge >= 0.3 is 8.56 Å². The zero-order valence-electron chi connectivity index (χ0n) is 8.91. The lowest BCUT2D eigenvalue weighted by Crippen LogP contribution is -2.49. The molecule has 0 unspecified atom stereocenters. The summed E-state index contributed by atoms with van der Waals surface area (Å²) in [5, 5.41) is -0.124. The molecule has 0 saturated heterocycles. The Bertz CT molecular complexity index is 207. The average Bonchev–Trinajstić information content (AvgIpc) is 2.17. The molecule has 0 aromatic carbocycles. The molecule has 14 heavy (non-hydrogen) atoms. The number of hydrogen-bond donors (Lipinski definition) is 0. The van der Waals surface area contributed by atoms with Crippen LogP contribution in [0.5, 0.6) is 0 Å². The van der Waals surface area contributed by atoms with Gasteiger partial charge in [-0.2, -0.15) is 0 Å². The fourth-order valence-electron chi connectivity index (χ4n) is 1.21. The van der Waals surface area contributed by atoms with Crippen LogP contribution in [-0.2, 0) is 13.6 Å². The van der Waals surface area contributed by atoms with Gasteiger partial charge in [0.15, 0.2) is 5.41 Å². The maximum atomic E-state index is 11.6. The summed E-state index contributed by atoms with van der Waals surface area (Å²) in [4.78, 5) is 11.6. The van der Waals surface area contributed by atoms with Gasteiger partial charge in [-0.1, -0.05) is 12.7 Å². The van der Waals surface area contributed by atoms with Crippen molar-refractivity contribution in [3.05, 3.63) is 25.3 Å². The van der Waals surface area contributed by atoms with Crippen LogP contribution in [0.15, 0.2) is 25.3 Å². The van der Waals surface area contributed by atoms with E-state index in [-0.39, 0.29) is 5.41 Å². The number of carbonyl (C=O) groups is 1.